The number of halogens is 1. The lowest BCUT2D eigenvalue weighted by molar-refractivity contribution is -0.114. The van der Waals surface area contributed by atoms with Crippen molar-refractivity contribution in [2.24, 2.45) is 0 Å². The highest BCUT2D eigenvalue weighted by Gasteiger charge is 2.21. The number of aromatic nitrogens is 1. The summed E-state index contributed by atoms with van der Waals surface area (Å²) in [6.07, 6.45) is 3.24. The van der Waals surface area contributed by atoms with Crippen LogP contribution in [-0.4, -0.2) is 26.6 Å². The first-order valence-electron chi connectivity index (χ1n) is 9.50. The van der Waals surface area contributed by atoms with Crippen LogP contribution in [0, 0.1) is 13.8 Å². The SMILES string of the molecule is COc1ccc(C=Cc2onc(C)c2NC(C)=O)cc1S(=O)(=O)Nc1cccc(Cl)c1C. The summed E-state index contributed by atoms with van der Waals surface area (Å²) >= 11 is 6.11. The number of rotatable bonds is 7. The van der Waals surface area contributed by atoms with Gasteiger partial charge in [-0.05, 0) is 55.3 Å². The van der Waals surface area contributed by atoms with Crippen LogP contribution in [-0.2, 0) is 14.8 Å². The van der Waals surface area contributed by atoms with Gasteiger partial charge >= 0.3 is 0 Å². The number of ether oxygens (including phenoxy) is 1. The van der Waals surface area contributed by atoms with Crippen molar-refractivity contribution in [2.75, 3.05) is 17.1 Å². The average molecular weight is 476 g/mol. The molecule has 0 aliphatic heterocycles. The number of benzene rings is 2. The largest absolute Gasteiger partial charge is 0.495 e. The van der Waals surface area contributed by atoms with Crippen molar-refractivity contribution in [1.82, 2.24) is 5.16 Å². The zero-order valence-electron chi connectivity index (χ0n) is 17.9. The Labute approximate surface area is 191 Å². The van der Waals surface area contributed by atoms with Gasteiger partial charge in [-0.15, -0.1) is 0 Å². The standard InChI is InChI=1S/C22H22ClN3O5S/c1-13-17(23)6-5-7-18(13)26-32(28,29)21-12-16(8-10-19(21)30-4)9-11-20-22(24-15(3)27)14(2)25-31-20/h5-12,26H,1-4H3,(H,24,27). The number of sulfonamides is 1. The lowest BCUT2D eigenvalue weighted by Crippen LogP contribution is -2.15. The van der Waals surface area contributed by atoms with Gasteiger partial charge in [0.25, 0.3) is 10.0 Å². The van der Waals surface area contributed by atoms with Gasteiger partial charge in [0.1, 0.15) is 22.0 Å². The molecule has 0 radical (unpaired) electrons. The van der Waals surface area contributed by atoms with Crippen molar-refractivity contribution in [3.8, 4) is 5.75 Å². The Balaban J connectivity index is 1.96. The first kappa shape index (κ1) is 23.4. The number of hydrogen-bond acceptors (Lipinski definition) is 6. The normalized spacial score (nSPS) is 11.5. The van der Waals surface area contributed by atoms with E-state index in [1.807, 2.05) is 0 Å². The van der Waals surface area contributed by atoms with Gasteiger partial charge in [-0.25, -0.2) is 8.42 Å². The van der Waals surface area contributed by atoms with E-state index in [4.69, 9.17) is 20.9 Å². The minimum atomic E-state index is -3.98. The van der Waals surface area contributed by atoms with E-state index in [0.717, 1.165) is 0 Å². The van der Waals surface area contributed by atoms with Crippen LogP contribution >= 0.6 is 11.6 Å². The molecule has 0 spiro atoms. The Bertz CT molecular complexity index is 1300. The highest BCUT2D eigenvalue weighted by molar-refractivity contribution is 7.92. The van der Waals surface area contributed by atoms with Crippen LogP contribution in [0.25, 0.3) is 12.2 Å². The molecule has 1 amide bonds. The molecule has 1 aromatic heterocycles. The second-order valence-electron chi connectivity index (χ2n) is 6.95. The lowest BCUT2D eigenvalue weighted by atomic mass is 10.2. The number of aryl methyl sites for hydroxylation is 1. The number of carbonyl (C=O) groups is 1. The highest BCUT2D eigenvalue weighted by Crippen LogP contribution is 2.31. The van der Waals surface area contributed by atoms with Crippen LogP contribution in [0.1, 0.15) is 29.5 Å². The van der Waals surface area contributed by atoms with Crippen LogP contribution in [0.15, 0.2) is 45.8 Å². The van der Waals surface area contributed by atoms with E-state index in [2.05, 4.69) is 15.2 Å². The molecule has 3 rings (SSSR count). The van der Waals surface area contributed by atoms with Crippen LogP contribution < -0.4 is 14.8 Å². The van der Waals surface area contributed by atoms with Crippen molar-refractivity contribution in [3.05, 3.63) is 64.0 Å². The summed E-state index contributed by atoms with van der Waals surface area (Å²) in [5, 5.41) is 6.97. The van der Waals surface area contributed by atoms with Crippen molar-refractivity contribution in [1.29, 1.82) is 0 Å². The van der Waals surface area contributed by atoms with Gasteiger partial charge in [0.05, 0.1) is 12.8 Å². The molecule has 168 valence electrons. The molecular weight excluding hydrogens is 454 g/mol. The Kier molecular flexibility index (Phi) is 6.90. The molecule has 0 aliphatic carbocycles. The first-order chi connectivity index (χ1) is 15.1. The molecule has 0 saturated carbocycles. The Morgan fingerprint density at radius 2 is 1.94 bits per heavy atom. The van der Waals surface area contributed by atoms with Crippen molar-refractivity contribution in [2.45, 2.75) is 25.7 Å². The monoisotopic (exact) mass is 475 g/mol. The number of hydrogen-bond donors (Lipinski definition) is 2. The van der Waals surface area contributed by atoms with Crippen molar-refractivity contribution < 1.29 is 22.5 Å². The zero-order valence-corrected chi connectivity index (χ0v) is 19.5. The molecule has 8 nitrogen and oxygen atoms in total. The van der Waals surface area contributed by atoms with Gasteiger partial charge < -0.3 is 14.6 Å². The van der Waals surface area contributed by atoms with Gasteiger partial charge in [0, 0.05) is 11.9 Å². The van der Waals surface area contributed by atoms with E-state index < -0.39 is 10.0 Å². The predicted molar refractivity (Wildman–Crippen MR) is 124 cm³/mol. The summed E-state index contributed by atoms with van der Waals surface area (Å²) in [5.74, 6) is 0.264. The van der Waals surface area contributed by atoms with Gasteiger partial charge in [-0.3, -0.25) is 9.52 Å². The number of methoxy groups -OCH3 is 1. The van der Waals surface area contributed by atoms with Crippen LogP contribution in [0.5, 0.6) is 5.75 Å². The smallest absolute Gasteiger partial charge is 0.265 e. The molecule has 2 N–H and O–H groups in total. The average Bonchev–Trinajstić information content (AvgIpc) is 3.08. The third-order valence-electron chi connectivity index (χ3n) is 4.61. The maximum atomic E-state index is 13.1. The van der Waals surface area contributed by atoms with Crippen molar-refractivity contribution in [3.63, 3.8) is 0 Å². The Morgan fingerprint density at radius 3 is 2.62 bits per heavy atom. The van der Waals surface area contributed by atoms with Gasteiger partial charge in [0.15, 0.2) is 5.76 Å². The molecule has 2 aromatic carbocycles. The third-order valence-corrected chi connectivity index (χ3v) is 6.40. The molecule has 0 bridgehead atoms. The van der Waals surface area contributed by atoms with Crippen LogP contribution in [0.4, 0.5) is 11.4 Å². The number of amides is 1. The fraction of sp³-hybridized carbons (Fsp3) is 0.182. The fourth-order valence-corrected chi connectivity index (χ4v) is 4.43. The minimum Gasteiger partial charge on any atom is -0.495 e. The predicted octanol–water partition coefficient (Wildman–Crippen LogP) is 4.88. The minimum absolute atomic E-state index is 0.0441. The molecule has 0 fully saturated rings. The second kappa shape index (κ2) is 9.46. The second-order valence-corrected chi connectivity index (χ2v) is 9.01. The molecule has 3 aromatic rings. The molecule has 0 unspecified atom stereocenters. The van der Waals surface area contributed by atoms with Crippen LogP contribution in [0.2, 0.25) is 5.02 Å². The molecule has 0 aliphatic rings. The summed E-state index contributed by atoms with van der Waals surface area (Å²) in [4.78, 5) is 11.4. The molecule has 0 atom stereocenters. The number of nitrogens with one attached hydrogen (secondary N) is 2. The summed E-state index contributed by atoms with van der Waals surface area (Å²) in [6.45, 7) is 4.81. The van der Waals surface area contributed by atoms with Gasteiger partial charge in [0.2, 0.25) is 5.91 Å². The first-order valence-corrected chi connectivity index (χ1v) is 11.4. The summed E-state index contributed by atoms with van der Waals surface area (Å²) in [6, 6.07) is 9.69. The fourth-order valence-electron chi connectivity index (χ4n) is 2.93. The zero-order chi connectivity index (χ0) is 23.5. The van der Waals surface area contributed by atoms with E-state index in [-0.39, 0.29) is 16.6 Å². The molecule has 10 heteroatoms. The number of nitrogens with zero attached hydrogens (tertiary/aromatic N) is 1. The van der Waals surface area contributed by atoms with E-state index in [1.165, 1.54) is 20.1 Å². The molecule has 0 saturated heterocycles. The van der Waals surface area contributed by atoms with E-state index in [0.29, 0.717) is 39.0 Å². The van der Waals surface area contributed by atoms with E-state index in [1.54, 1.807) is 56.3 Å². The summed E-state index contributed by atoms with van der Waals surface area (Å²) < 4.78 is 39.3. The summed E-state index contributed by atoms with van der Waals surface area (Å²) in [7, 11) is -2.59. The molecule has 1 heterocycles. The van der Waals surface area contributed by atoms with Gasteiger partial charge in [-0.1, -0.05) is 35.0 Å². The quantitative estimate of drug-likeness (QED) is 0.503. The topological polar surface area (TPSA) is 111 Å². The van der Waals surface area contributed by atoms with E-state index in [9.17, 15) is 13.2 Å². The van der Waals surface area contributed by atoms with Crippen molar-refractivity contribution >= 4 is 51.1 Å². The Morgan fingerprint density at radius 1 is 1.19 bits per heavy atom. The molecular formula is C22H22ClN3O5S. The highest BCUT2D eigenvalue weighted by atomic mass is 35.5. The Hall–Kier alpha value is -3.30. The number of carbonyl (C=O) groups excluding carboxylic acids is 1. The third kappa shape index (κ3) is 5.12. The van der Waals surface area contributed by atoms with Gasteiger partial charge in [-0.2, -0.15) is 0 Å². The maximum absolute atomic E-state index is 13.1. The number of anilines is 2. The van der Waals surface area contributed by atoms with E-state index >= 15 is 0 Å². The lowest BCUT2D eigenvalue weighted by Gasteiger charge is -2.14. The van der Waals surface area contributed by atoms with Crippen LogP contribution in [0.3, 0.4) is 0 Å². The molecule has 32 heavy (non-hydrogen) atoms. The summed E-state index contributed by atoms with van der Waals surface area (Å²) in [5.41, 5.74) is 2.53. The maximum Gasteiger partial charge on any atom is 0.265 e.